The maximum atomic E-state index is 14.8. The maximum absolute atomic E-state index is 14.8. The molecular weight excluding hydrogens is 627 g/mol. The van der Waals surface area contributed by atoms with Crippen LogP contribution in [0.4, 0.5) is 11.5 Å². The van der Waals surface area contributed by atoms with Crippen LogP contribution in [0.25, 0.3) is 0 Å². The van der Waals surface area contributed by atoms with Crippen LogP contribution in [0.5, 0.6) is 5.75 Å². The minimum Gasteiger partial charge on any atom is -0.494 e. The Hall–Kier alpha value is -5.28. The van der Waals surface area contributed by atoms with Crippen molar-refractivity contribution in [2.75, 3.05) is 42.0 Å². The molecule has 0 spiro atoms. The first kappa shape index (κ1) is 30.7. The molecule has 1 N–H and O–H groups in total. The van der Waals surface area contributed by atoms with Gasteiger partial charge in [0.1, 0.15) is 17.6 Å². The van der Waals surface area contributed by atoms with Gasteiger partial charge < -0.3 is 9.64 Å². The Morgan fingerprint density at radius 3 is 2.41 bits per heavy atom. The molecule has 4 heterocycles. The van der Waals surface area contributed by atoms with Crippen molar-refractivity contribution in [1.29, 1.82) is 10.5 Å². The first-order valence-corrected chi connectivity index (χ1v) is 16.7. The van der Waals surface area contributed by atoms with Crippen molar-refractivity contribution in [1.82, 2.24) is 15.4 Å². The lowest BCUT2D eigenvalue weighted by molar-refractivity contribution is -0.136. The lowest BCUT2D eigenvalue weighted by Gasteiger charge is -2.37. The molecule has 0 radical (unpaired) electrons. The SMILES string of the molecule is CCOc1ccccc1C1(C(=O)NN2CCN(c3ccc(C#N)cn3)CC2)C(=O)N(S(=O)(=O)c2ccsc2)c2ccc(C#N)cc21. The third-order valence-electron chi connectivity index (χ3n) is 7.96. The van der Waals surface area contributed by atoms with Gasteiger partial charge in [-0.15, -0.1) is 0 Å². The van der Waals surface area contributed by atoms with E-state index < -0.39 is 27.3 Å². The number of hydrogen-bond acceptors (Lipinski definition) is 11. The van der Waals surface area contributed by atoms with Gasteiger partial charge in [-0.25, -0.2) is 22.7 Å². The fourth-order valence-electron chi connectivity index (χ4n) is 5.78. The van der Waals surface area contributed by atoms with E-state index in [4.69, 9.17) is 10.00 Å². The summed E-state index contributed by atoms with van der Waals surface area (Å²) in [5, 5.41) is 23.6. The number of sulfonamides is 1. The number of nitriles is 2. The van der Waals surface area contributed by atoms with Crippen LogP contribution in [0, 0.1) is 22.7 Å². The number of pyridine rings is 1. The number of thiophene rings is 1. The molecule has 1 saturated heterocycles. The molecule has 2 aliphatic rings. The van der Waals surface area contributed by atoms with Crippen molar-refractivity contribution >= 4 is 44.7 Å². The average molecular weight is 654 g/mol. The fourth-order valence-corrected chi connectivity index (χ4v) is 8.26. The van der Waals surface area contributed by atoms with E-state index in [1.54, 1.807) is 53.7 Å². The minimum atomic E-state index is -4.45. The van der Waals surface area contributed by atoms with Gasteiger partial charge >= 0.3 is 0 Å². The highest BCUT2D eigenvalue weighted by atomic mass is 32.2. The lowest BCUT2D eigenvalue weighted by Crippen LogP contribution is -2.60. The Labute approximate surface area is 269 Å². The highest BCUT2D eigenvalue weighted by Gasteiger charge is 2.62. The van der Waals surface area contributed by atoms with Gasteiger partial charge in [0.25, 0.3) is 21.8 Å². The monoisotopic (exact) mass is 653 g/mol. The Morgan fingerprint density at radius 2 is 1.76 bits per heavy atom. The van der Waals surface area contributed by atoms with Gasteiger partial charge in [-0.1, -0.05) is 18.2 Å². The summed E-state index contributed by atoms with van der Waals surface area (Å²) in [6, 6.07) is 19.7. The number of para-hydroxylation sites is 1. The zero-order valence-corrected chi connectivity index (χ0v) is 26.2. The number of amides is 2. The van der Waals surface area contributed by atoms with Crippen LogP contribution >= 0.6 is 11.3 Å². The predicted octanol–water partition coefficient (Wildman–Crippen LogP) is 3.16. The molecule has 232 valence electrons. The number of anilines is 2. The molecule has 2 aromatic heterocycles. The number of aromatic nitrogens is 1. The number of hydrazine groups is 1. The zero-order valence-electron chi connectivity index (χ0n) is 24.6. The van der Waals surface area contributed by atoms with Crippen LogP contribution in [-0.2, 0) is 25.0 Å². The lowest BCUT2D eigenvalue weighted by atomic mass is 9.73. The molecule has 0 bridgehead atoms. The van der Waals surface area contributed by atoms with Crippen LogP contribution in [0.1, 0.15) is 29.2 Å². The van der Waals surface area contributed by atoms with E-state index in [0.29, 0.717) is 41.9 Å². The van der Waals surface area contributed by atoms with Crippen molar-refractivity contribution in [3.63, 3.8) is 0 Å². The number of fused-ring (bicyclic) bond motifs is 1. The Morgan fingerprint density at radius 1 is 1.02 bits per heavy atom. The number of carbonyl (C=O) groups excluding carboxylic acids is 2. The van der Waals surface area contributed by atoms with Crippen LogP contribution < -0.4 is 19.4 Å². The van der Waals surface area contributed by atoms with Crippen molar-refractivity contribution in [3.8, 4) is 17.9 Å². The molecule has 2 aromatic carbocycles. The van der Waals surface area contributed by atoms with Gasteiger partial charge in [-0.05, 0) is 54.8 Å². The molecule has 6 rings (SSSR count). The highest BCUT2D eigenvalue weighted by molar-refractivity contribution is 7.93. The van der Waals surface area contributed by atoms with E-state index in [-0.39, 0.29) is 39.6 Å². The number of nitrogens with one attached hydrogen (secondary N) is 1. The standard InChI is InChI=1S/C32H27N7O5S2/c1-2-44-28-6-4-3-5-25(28)32(30(40)36-38-14-12-37(13-15-38)29-10-8-23(19-34)20-35-29)26-17-22(18-33)7-9-27(26)39(31(32)41)46(42,43)24-11-16-45-21-24/h3-11,16-17,20-21H,2,12-15H2,1H3,(H,36,40). The predicted molar refractivity (Wildman–Crippen MR) is 169 cm³/mol. The third kappa shape index (κ3) is 5.02. The van der Waals surface area contributed by atoms with Gasteiger partial charge in [0, 0.05) is 48.9 Å². The summed E-state index contributed by atoms with van der Waals surface area (Å²) in [6.45, 7) is 3.64. The van der Waals surface area contributed by atoms with Gasteiger partial charge in [0.05, 0.1) is 34.4 Å². The minimum absolute atomic E-state index is 0.0200. The second-order valence-corrected chi connectivity index (χ2v) is 13.1. The number of rotatable bonds is 8. The summed E-state index contributed by atoms with van der Waals surface area (Å²) in [4.78, 5) is 35.9. The molecule has 4 aromatic rings. The first-order valence-electron chi connectivity index (χ1n) is 14.3. The summed E-state index contributed by atoms with van der Waals surface area (Å²) in [5.41, 5.74) is 1.47. The molecule has 1 atom stereocenters. The molecule has 14 heteroatoms. The third-order valence-corrected chi connectivity index (χ3v) is 10.5. The largest absolute Gasteiger partial charge is 0.494 e. The number of benzene rings is 2. The van der Waals surface area contributed by atoms with Gasteiger partial charge in [0.15, 0.2) is 5.41 Å². The number of piperazine rings is 1. The van der Waals surface area contributed by atoms with Crippen molar-refractivity contribution in [2.45, 2.75) is 17.2 Å². The van der Waals surface area contributed by atoms with Crippen LogP contribution in [-0.4, -0.2) is 63.0 Å². The first-order chi connectivity index (χ1) is 22.2. The van der Waals surface area contributed by atoms with Crippen LogP contribution in [0.3, 0.4) is 0 Å². The maximum Gasteiger partial charge on any atom is 0.271 e. The van der Waals surface area contributed by atoms with E-state index in [9.17, 15) is 23.3 Å². The average Bonchev–Trinajstić information content (AvgIpc) is 3.72. The molecule has 1 unspecified atom stereocenters. The van der Waals surface area contributed by atoms with Crippen LogP contribution in [0.15, 0.2) is 82.5 Å². The molecule has 2 amide bonds. The van der Waals surface area contributed by atoms with E-state index in [2.05, 4.69) is 10.4 Å². The second-order valence-electron chi connectivity index (χ2n) is 10.5. The number of nitrogens with zero attached hydrogens (tertiary/aromatic N) is 6. The van der Waals surface area contributed by atoms with Gasteiger partial charge in [0.2, 0.25) is 0 Å². The number of carbonyl (C=O) groups is 2. The molecular formula is C32H27N7O5S2. The van der Waals surface area contributed by atoms with Gasteiger partial charge in [-0.3, -0.25) is 15.0 Å². The quantitative estimate of drug-likeness (QED) is 0.280. The molecule has 2 aliphatic heterocycles. The van der Waals surface area contributed by atoms with Crippen molar-refractivity contribution in [2.24, 2.45) is 0 Å². The molecule has 12 nitrogen and oxygen atoms in total. The van der Waals surface area contributed by atoms with E-state index >= 15 is 0 Å². The van der Waals surface area contributed by atoms with Crippen molar-refractivity contribution < 1.29 is 22.7 Å². The summed E-state index contributed by atoms with van der Waals surface area (Å²) >= 11 is 1.16. The molecule has 0 saturated carbocycles. The number of ether oxygens (including phenoxy) is 1. The summed E-state index contributed by atoms with van der Waals surface area (Å²) in [6.07, 6.45) is 1.50. The Bertz CT molecular complexity index is 2000. The van der Waals surface area contributed by atoms with E-state index in [1.165, 1.54) is 35.8 Å². The summed E-state index contributed by atoms with van der Waals surface area (Å²) in [5.74, 6) is -0.874. The van der Waals surface area contributed by atoms with Crippen LogP contribution in [0.2, 0.25) is 0 Å². The smallest absolute Gasteiger partial charge is 0.271 e. The summed E-state index contributed by atoms with van der Waals surface area (Å²) in [7, 11) is -4.45. The Balaban J connectivity index is 1.44. The Kier molecular flexibility index (Phi) is 8.19. The zero-order chi connectivity index (χ0) is 32.5. The van der Waals surface area contributed by atoms with Gasteiger partial charge in [-0.2, -0.15) is 21.9 Å². The second kappa shape index (κ2) is 12.3. The normalized spacial score (nSPS) is 18.0. The summed E-state index contributed by atoms with van der Waals surface area (Å²) < 4.78 is 34.6. The molecule has 1 fully saturated rings. The highest BCUT2D eigenvalue weighted by Crippen LogP contribution is 2.51. The van der Waals surface area contributed by atoms with Crippen molar-refractivity contribution in [3.05, 3.63) is 99.9 Å². The molecule has 46 heavy (non-hydrogen) atoms. The topological polar surface area (TPSA) is 160 Å². The molecule has 0 aliphatic carbocycles. The van der Waals surface area contributed by atoms with E-state index in [0.717, 1.165) is 11.3 Å². The fraction of sp³-hybridized carbons (Fsp3) is 0.219. The van der Waals surface area contributed by atoms with E-state index in [1.807, 2.05) is 17.0 Å². The number of hydrogen-bond donors (Lipinski definition) is 1.